The minimum absolute atomic E-state index is 0.336. The van der Waals surface area contributed by atoms with Gasteiger partial charge in [0.1, 0.15) is 6.04 Å². The number of carbonyl (C=O) groups is 3. The SMILES string of the molecule is CCC(C)(C)C(=O)C(=O)N1CCCC1C(=O)NNc1ccncc1Br. The lowest BCUT2D eigenvalue weighted by Gasteiger charge is -2.27. The fourth-order valence-electron chi connectivity index (χ4n) is 2.55. The number of aromatic nitrogens is 1. The van der Waals surface area contributed by atoms with Crippen molar-refractivity contribution in [1.82, 2.24) is 15.3 Å². The van der Waals surface area contributed by atoms with Crippen molar-refractivity contribution >= 4 is 39.2 Å². The van der Waals surface area contributed by atoms with Crippen LogP contribution in [0.5, 0.6) is 0 Å². The number of rotatable bonds is 6. The number of pyridine rings is 1. The summed E-state index contributed by atoms with van der Waals surface area (Å²) < 4.78 is 0.703. The Morgan fingerprint density at radius 1 is 1.40 bits per heavy atom. The van der Waals surface area contributed by atoms with E-state index in [0.29, 0.717) is 36.0 Å². The van der Waals surface area contributed by atoms with E-state index in [2.05, 4.69) is 31.8 Å². The summed E-state index contributed by atoms with van der Waals surface area (Å²) in [6, 6.07) is 1.06. The number of anilines is 1. The molecule has 136 valence electrons. The van der Waals surface area contributed by atoms with E-state index < -0.39 is 23.1 Å². The first-order valence-corrected chi connectivity index (χ1v) is 9.08. The number of hydrogen-bond acceptors (Lipinski definition) is 5. The van der Waals surface area contributed by atoms with Crippen molar-refractivity contribution < 1.29 is 14.4 Å². The van der Waals surface area contributed by atoms with Crippen LogP contribution in [0.2, 0.25) is 0 Å². The molecule has 1 aliphatic heterocycles. The number of amides is 2. The Kier molecular flexibility index (Phi) is 6.16. The van der Waals surface area contributed by atoms with Crippen LogP contribution >= 0.6 is 15.9 Å². The summed E-state index contributed by atoms with van der Waals surface area (Å²) in [6.45, 7) is 5.79. The van der Waals surface area contributed by atoms with Gasteiger partial charge in [0.2, 0.25) is 5.78 Å². The summed E-state index contributed by atoms with van der Waals surface area (Å²) in [6.07, 6.45) is 5.00. The van der Waals surface area contributed by atoms with Gasteiger partial charge >= 0.3 is 0 Å². The summed E-state index contributed by atoms with van der Waals surface area (Å²) in [5, 5.41) is 0. The van der Waals surface area contributed by atoms with Crippen molar-refractivity contribution in [3.05, 3.63) is 22.9 Å². The maximum Gasteiger partial charge on any atom is 0.291 e. The summed E-state index contributed by atoms with van der Waals surface area (Å²) >= 11 is 3.33. The Labute approximate surface area is 155 Å². The normalized spacial score (nSPS) is 17.3. The molecule has 0 aromatic carbocycles. The van der Waals surface area contributed by atoms with E-state index >= 15 is 0 Å². The molecule has 0 bridgehead atoms. The number of ketones is 1. The molecule has 0 spiro atoms. The molecular weight excluding hydrogens is 388 g/mol. The first-order valence-electron chi connectivity index (χ1n) is 8.28. The van der Waals surface area contributed by atoms with Gasteiger partial charge in [-0.1, -0.05) is 20.8 Å². The minimum Gasteiger partial charge on any atom is -0.324 e. The second-order valence-corrected chi connectivity index (χ2v) is 7.55. The molecule has 2 N–H and O–H groups in total. The number of carbonyl (C=O) groups excluding carboxylic acids is 3. The molecule has 1 fully saturated rings. The molecule has 0 radical (unpaired) electrons. The van der Waals surface area contributed by atoms with Crippen molar-refractivity contribution in [2.45, 2.75) is 46.1 Å². The lowest BCUT2D eigenvalue weighted by Crippen LogP contribution is -2.51. The van der Waals surface area contributed by atoms with Crippen LogP contribution in [0.1, 0.15) is 40.0 Å². The molecule has 7 nitrogen and oxygen atoms in total. The van der Waals surface area contributed by atoms with E-state index in [1.54, 1.807) is 32.3 Å². The first-order chi connectivity index (χ1) is 11.8. The van der Waals surface area contributed by atoms with Crippen molar-refractivity contribution in [2.75, 3.05) is 12.0 Å². The fraction of sp³-hybridized carbons (Fsp3) is 0.529. The highest BCUT2D eigenvalue weighted by Crippen LogP contribution is 2.25. The van der Waals surface area contributed by atoms with Crippen LogP contribution in [0, 0.1) is 5.41 Å². The van der Waals surface area contributed by atoms with Crippen LogP contribution in [0.25, 0.3) is 0 Å². The van der Waals surface area contributed by atoms with Crippen molar-refractivity contribution in [1.29, 1.82) is 0 Å². The average molecular weight is 411 g/mol. The van der Waals surface area contributed by atoms with Gasteiger partial charge in [0, 0.05) is 24.4 Å². The largest absolute Gasteiger partial charge is 0.324 e. The second-order valence-electron chi connectivity index (χ2n) is 6.69. The summed E-state index contributed by atoms with van der Waals surface area (Å²) in [4.78, 5) is 42.8. The molecule has 1 aromatic rings. The predicted molar refractivity (Wildman–Crippen MR) is 97.5 cm³/mol. The highest BCUT2D eigenvalue weighted by atomic mass is 79.9. The number of halogens is 1. The number of nitrogens with zero attached hydrogens (tertiary/aromatic N) is 2. The Hall–Kier alpha value is -1.96. The van der Waals surface area contributed by atoms with Gasteiger partial charge in [-0.3, -0.25) is 30.2 Å². The van der Waals surface area contributed by atoms with Crippen LogP contribution in [-0.4, -0.2) is 40.1 Å². The Morgan fingerprint density at radius 2 is 2.12 bits per heavy atom. The van der Waals surface area contributed by atoms with Crippen LogP contribution in [0.4, 0.5) is 5.69 Å². The van der Waals surface area contributed by atoms with E-state index in [4.69, 9.17) is 0 Å². The van der Waals surface area contributed by atoms with Gasteiger partial charge in [0.05, 0.1) is 10.2 Å². The third kappa shape index (κ3) is 4.36. The Balaban J connectivity index is 2.03. The molecule has 2 heterocycles. The number of likely N-dealkylation sites (tertiary alicyclic amines) is 1. The van der Waals surface area contributed by atoms with Crippen LogP contribution in [0.3, 0.4) is 0 Å². The molecular formula is C17H23BrN4O3. The van der Waals surface area contributed by atoms with E-state index in [1.807, 2.05) is 6.92 Å². The number of nitrogens with one attached hydrogen (secondary N) is 2. The third-order valence-corrected chi connectivity index (χ3v) is 5.23. The molecule has 8 heteroatoms. The van der Waals surface area contributed by atoms with Gasteiger partial charge < -0.3 is 4.90 Å². The zero-order valence-electron chi connectivity index (χ0n) is 14.6. The van der Waals surface area contributed by atoms with Gasteiger partial charge in [0.25, 0.3) is 11.8 Å². The van der Waals surface area contributed by atoms with Crippen molar-refractivity contribution in [3.8, 4) is 0 Å². The van der Waals surface area contributed by atoms with E-state index in [1.165, 1.54) is 4.90 Å². The molecule has 1 unspecified atom stereocenters. The summed E-state index contributed by atoms with van der Waals surface area (Å²) in [5.41, 5.74) is 5.35. The number of Topliss-reactive ketones (excluding diaryl/α,β-unsaturated/α-hetero) is 1. The molecule has 1 saturated heterocycles. The van der Waals surface area contributed by atoms with Crippen molar-refractivity contribution in [3.63, 3.8) is 0 Å². The van der Waals surface area contributed by atoms with Gasteiger partial charge in [-0.15, -0.1) is 0 Å². The molecule has 1 aliphatic rings. The van der Waals surface area contributed by atoms with Crippen molar-refractivity contribution in [2.24, 2.45) is 5.41 Å². The smallest absolute Gasteiger partial charge is 0.291 e. The zero-order valence-corrected chi connectivity index (χ0v) is 16.2. The molecule has 1 aromatic heterocycles. The quantitative estimate of drug-likeness (QED) is 0.554. The minimum atomic E-state index is -0.721. The van der Waals surface area contributed by atoms with Gasteiger partial charge in [-0.05, 0) is 41.3 Å². The van der Waals surface area contributed by atoms with E-state index in [9.17, 15) is 14.4 Å². The van der Waals surface area contributed by atoms with Gasteiger partial charge in [0.15, 0.2) is 0 Å². The second kappa shape index (κ2) is 7.95. The highest BCUT2D eigenvalue weighted by Gasteiger charge is 2.41. The van der Waals surface area contributed by atoms with Gasteiger partial charge in [-0.2, -0.15) is 0 Å². The highest BCUT2D eigenvalue weighted by molar-refractivity contribution is 9.10. The maximum atomic E-state index is 12.6. The molecule has 0 saturated carbocycles. The summed E-state index contributed by atoms with van der Waals surface area (Å²) in [7, 11) is 0. The fourth-order valence-corrected chi connectivity index (χ4v) is 2.90. The average Bonchev–Trinajstić information content (AvgIpc) is 3.09. The molecule has 2 amide bonds. The maximum absolute atomic E-state index is 12.6. The molecule has 1 atom stereocenters. The zero-order chi connectivity index (χ0) is 18.6. The first kappa shape index (κ1) is 19.4. The number of hydrazine groups is 1. The lowest BCUT2D eigenvalue weighted by molar-refractivity contribution is -0.151. The van der Waals surface area contributed by atoms with Crippen LogP contribution in [-0.2, 0) is 14.4 Å². The van der Waals surface area contributed by atoms with Gasteiger partial charge in [-0.25, -0.2) is 0 Å². The van der Waals surface area contributed by atoms with E-state index in [-0.39, 0.29) is 5.91 Å². The molecule has 2 rings (SSSR count). The monoisotopic (exact) mass is 410 g/mol. The standard InChI is InChI=1S/C17H23BrN4O3/c1-4-17(2,3)14(23)16(25)22-9-5-6-13(22)15(24)21-20-12-7-8-19-10-11(12)18/h7-8,10,13H,4-6,9H2,1-3H3,(H,19,20)(H,21,24). The lowest BCUT2D eigenvalue weighted by atomic mass is 9.84. The molecule has 25 heavy (non-hydrogen) atoms. The van der Waals surface area contributed by atoms with Crippen LogP contribution < -0.4 is 10.9 Å². The number of hydrogen-bond donors (Lipinski definition) is 2. The van der Waals surface area contributed by atoms with E-state index in [0.717, 1.165) is 0 Å². The predicted octanol–water partition coefficient (Wildman–Crippen LogP) is 2.28. The Morgan fingerprint density at radius 3 is 2.76 bits per heavy atom. The summed E-state index contributed by atoms with van der Waals surface area (Å²) in [5.74, 6) is -1.36. The Bertz CT molecular complexity index is 678. The third-order valence-electron chi connectivity index (χ3n) is 4.60. The van der Waals surface area contributed by atoms with Crippen LogP contribution in [0.15, 0.2) is 22.9 Å². The molecule has 0 aliphatic carbocycles. The topological polar surface area (TPSA) is 91.4 Å².